The Bertz CT molecular complexity index is 693. The van der Waals surface area contributed by atoms with Gasteiger partial charge in [0, 0.05) is 0 Å². The van der Waals surface area contributed by atoms with Gasteiger partial charge in [0.2, 0.25) is 0 Å². The predicted molar refractivity (Wildman–Crippen MR) is 77.3 cm³/mol. The van der Waals surface area contributed by atoms with Crippen LogP contribution in [-0.4, -0.2) is 49.7 Å². The summed E-state index contributed by atoms with van der Waals surface area (Å²) in [5.41, 5.74) is -0.306. The van der Waals surface area contributed by atoms with Crippen LogP contribution in [0.3, 0.4) is 0 Å². The second-order valence-corrected chi connectivity index (χ2v) is 4.67. The molecule has 0 aromatic heterocycles. The van der Waals surface area contributed by atoms with E-state index >= 15 is 0 Å². The molecule has 0 atom stereocenters. The number of benzene rings is 1. The number of hydrogen-bond donors (Lipinski definition) is 3. The smallest absolute Gasteiger partial charge is 0.405 e. The molecule has 0 fully saturated rings. The van der Waals surface area contributed by atoms with Crippen LogP contribution in [0.15, 0.2) is 24.3 Å². The van der Waals surface area contributed by atoms with Crippen molar-refractivity contribution in [3.8, 4) is 0 Å². The fourth-order valence-electron chi connectivity index (χ4n) is 1.48. The molecule has 1 aromatic carbocycles. The molecule has 4 amide bonds. The molecule has 8 nitrogen and oxygen atoms in total. The minimum absolute atomic E-state index is 0.306. The van der Waals surface area contributed by atoms with E-state index in [1.54, 1.807) is 0 Å². The average molecular weight is 379 g/mol. The summed E-state index contributed by atoms with van der Waals surface area (Å²) in [5, 5.41) is 4.93. The molecule has 0 heterocycles. The molecule has 1 rings (SSSR count). The van der Waals surface area contributed by atoms with Gasteiger partial charge >= 0.3 is 18.2 Å². The van der Waals surface area contributed by atoms with Crippen molar-refractivity contribution >= 4 is 23.8 Å². The van der Waals surface area contributed by atoms with Gasteiger partial charge in [-0.2, -0.15) is 13.2 Å². The van der Waals surface area contributed by atoms with Crippen LogP contribution in [-0.2, 0) is 14.3 Å². The van der Waals surface area contributed by atoms with E-state index in [0.717, 1.165) is 6.07 Å². The van der Waals surface area contributed by atoms with Crippen LogP contribution in [0.5, 0.6) is 0 Å². The van der Waals surface area contributed by atoms with Crippen LogP contribution in [0.25, 0.3) is 0 Å². The number of ether oxygens (including phenoxy) is 1. The fraction of sp³-hybridized carbons (Fsp3) is 0.286. The molecule has 0 spiro atoms. The standard InChI is InChI=1S/C14H13F4N3O5/c15-9-4-2-1-3-8(9)12(24)19-5-11(23)26-6-10(22)21-13(25)20-7-14(16,17)18/h1-4H,5-7H2,(H,19,24)(H2,20,21,22,25). The minimum Gasteiger partial charge on any atom is -0.454 e. The Labute approximate surface area is 143 Å². The van der Waals surface area contributed by atoms with Gasteiger partial charge in [-0.1, -0.05) is 12.1 Å². The summed E-state index contributed by atoms with van der Waals surface area (Å²) < 4.78 is 53.3. The zero-order chi connectivity index (χ0) is 19.7. The second-order valence-electron chi connectivity index (χ2n) is 4.67. The van der Waals surface area contributed by atoms with E-state index in [1.807, 2.05) is 0 Å². The maximum atomic E-state index is 13.3. The molecule has 142 valence electrons. The highest BCUT2D eigenvalue weighted by atomic mass is 19.4. The number of rotatable bonds is 6. The molecule has 0 radical (unpaired) electrons. The molecule has 0 unspecified atom stereocenters. The van der Waals surface area contributed by atoms with Crippen LogP contribution in [0, 0.1) is 5.82 Å². The van der Waals surface area contributed by atoms with E-state index in [4.69, 9.17) is 0 Å². The number of nitrogens with one attached hydrogen (secondary N) is 3. The molecule has 3 N–H and O–H groups in total. The average Bonchev–Trinajstić information content (AvgIpc) is 2.56. The van der Waals surface area contributed by atoms with E-state index in [9.17, 15) is 36.7 Å². The Morgan fingerprint density at radius 2 is 1.69 bits per heavy atom. The molecular weight excluding hydrogens is 366 g/mol. The summed E-state index contributed by atoms with van der Waals surface area (Å²) in [5.74, 6) is -3.96. The van der Waals surface area contributed by atoms with Gasteiger partial charge in [-0.15, -0.1) is 0 Å². The summed E-state index contributed by atoms with van der Waals surface area (Å²) in [6.07, 6.45) is -4.65. The van der Waals surface area contributed by atoms with E-state index < -0.39 is 55.5 Å². The first-order valence-corrected chi connectivity index (χ1v) is 6.91. The van der Waals surface area contributed by atoms with Gasteiger partial charge in [0.1, 0.15) is 18.9 Å². The largest absolute Gasteiger partial charge is 0.454 e. The summed E-state index contributed by atoms with van der Waals surface area (Å²) in [6, 6.07) is 3.58. The number of hydrogen-bond acceptors (Lipinski definition) is 5. The first-order chi connectivity index (χ1) is 12.1. The summed E-state index contributed by atoms with van der Waals surface area (Å²) in [4.78, 5) is 45.2. The predicted octanol–water partition coefficient (Wildman–Crippen LogP) is 0.487. The Hall–Kier alpha value is -3.18. The van der Waals surface area contributed by atoms with Crippen molar-refractivity contribution in [3.05, 3.63) is 35.6 Å². The van der Waals surface area contributed by atoms with Crippen LogP contribution in [0.1, 0.15) is 10.4 Å². The van der Waals surface area contributed by atoms with E-state index in [1.165, 1.54) is 28.8 Å². The topological polar surface area (TPSA) is 114 Å². The first kappa shape index (κ1) is 20.9. The lowest BCUT2D eigenvalue weighted by Gasteiger charge is -2.09. The molecule has 0 saturated carbocycles. The molecule has 0 aliphatic heterocycles. The summed E-state index contributed by atoms with van der Waals surface area (Å²) in [7, 11) is 0. The normalized spacial score (nSPS) is 10.6. The number of carbonyl (C=O) groups is 4. The summed E-state index contributed by atoms with van der Waals surface area (Å²) >= 11 is 0. The summed E-state index contributed by atoms with van der Waals surface area (Å²) in [6.45, 7) is -3.30. The Balaban J connectivity index is 2.29. The number of urea groups is 1. The van der Waals surface area contributed by atoms with Crippen LogP contribution in [0.4, 0.5) is 22.4 Å². The fourth-order valence-corrected chi connectivity index (χ4v) is 1.48. The van der Waals surface area contributed by atoms with Crippen LogP contribution >= 0.6 is 0 Å². The van der Waals surface area contributed by atoms with Crippen molar-refractivity contribution in [2.24, 2.45) is 0 Å². The third-order valence-electron chi connectivity index (χ3n) is 2.58. The molecule has 12 heteroatoms. The van der Waals surface area contributed by atoms with Gasteiger partial charge in [-0.3, -0.25) is 19.7 Å². The van der Waals surface area contributed by atoms with E-state index in [-0.39, 0.29) is 5.56 Å². The van der Waals surface area contributed by atoms with Gasteiger partial charge < -0.3 is 15.4 Å². The molecule has 26 heavy (non-hydrogen) atoms. The van der Waals surface area contributed by atoms with Crippen molar-refractivity contribution in [1.82, 2.24) is 16.0 Å². The number of imide groups is 1. The minimum atomic E-state index is -4.65. The van der Waals surface area contributed by atoms with Crippen molar-refractivity contribution in [3.63, 3.8) is 0 Å². The zero-order valence-electron chi connectivity index (χ0n) is 13.0. The van der Waals surface area contributed by atoms with Crippen molar-refractivity contribution in [2.75, 3.05) is 19.7 Å². The molecular formula is C14H13F4N3O5. The highest BCUT2D eigenvalue weighted by molar-refractivity contribution is 5.97. The maximum absolute atomic E-state index is 13.3. The lowest BCUT2D eigenvalue weighted by Crippen LogP contribution is -2.45. The SMILES string of the molecule is O=C(COC(=O)CNC(=O)c1ccccc1F)NC(=O)NCC(F)(F)F. The number of amides is 4. The Morgan fingerprint density at radius 3 is 2.31 bits per heavy atom. The Kier molecular flexibility index (Phi) is 7.50. The second kappa shape index (κ2) is 9.34. The van der Waals surface area contributed by atoms with E-state index in [0.29, 0.717) is 0 Å². The number of carbonyl (C=O) groups excluding carboxylic acids is 4. The maximum Gasteiger partial charge on any atom is 0.405 e. The number of halogens is 4. The van der Waals surface area contributed by atoms with E-state index in [2.05, 4.69) is 10.1 Å². The molecule has 0 aliphatic rings. The molecule has 0 saturated heterocycles. The molecule has 0 aliphatic carbocycles. The van der Waals surface area contributed by atoms with Gasteiger partial charge in [0.25, 0.3) is 11.8 Å². The van der Waals surface area contributed by atoms with Crippen LogP contribution < -0.4 is 16.0 Å². The van der Waals surface area contributed by atoms with Gasteiger partial charge in [0.15, 0.2) is 6.61 Å². The van der Waals surface area contributed by atoms with Crippen molar-refractivity contribution in [1.29, 1.82) is 0 Å². The monoisotopic (exact) mass is 379 g/mol. The van der Waals surface area contributed by atoms with Crippen LogP contribution in [0.2, 0.25) is 0 Å². The third-order valence-corrected chi connectivity index (χ3v) is 2.58. The lowest BCUT2D eigenvalue weighted by molar-refractivity contribution is -0.147. The van der Waals surface area contributed by atoms with Gasteiger partial charge in [0.05, 0.1) is 5.56 Å². The first-order valence-electron chi connectivity index (χ1n) is 6.91. The molecule has 1 aromatic rings. The van der Waals surface area contributed by atoms with Crippen molar-refractivity contribution < 1.29 is 41.5 Å². The number of esters is 1. The highest BCUT2D eigenvalue weighted by Crippen LogP contribution is 2.11. The highest BCUT2D eigenvalue weighted by Gasteiger charge is 2.28. The quantitative estimate of drug-likeness (QED) is 0.492. The molecule has 0 bridgehead atoms. The van der Waals surface area contributed by atoms with Gasteiger partial charge in [-0.05, 0) is 12.1 Å². The van der Waals surface area contributed by atoms with Gasteiger partial charge in [-0.25, -0.2) is 9.18 Å². The number of alkyl halides is 3. The third kappa shape index (κ3) is 8.08. The zero-order valence-corrected chi connectivity index (χ0v) is 13.0. The Morgan fingerprint density at radius 1 is 1.04 bits per heavy atom. The van der Waals surface area contributed by atoms with Crippen molar-refractivity contribution in [2.45, 2.75) is 6.18 Å². The lowest BCUT2D eigenvalue weighted by atomic mass is 10.2.